The summed E-state index contributed by atoms with van der Waals surface area (Å²) in [6.45, 7) is 8.38. The Kier molecular flexibility index (Phi) is 6.11. The van der Waals surface area contributed by atoms with Gasteiger partial charge < -0.3 is 20.1 Å². The normalized spacial score (nSPS) is 16.9. The zero-order valence-electron chi connectivity index (χ0n) is 16.4. The molecule has 0 aliphatic carbocycles. The van der Waals surface area contributed by atoms with Crippen LogP contribution in [0.1, 0.15) is 31.7 Å². The number of rotatable bonds is 8. The molecule has 1 saturated heterocycles. The third-order valence-electron chi connectivity index (χ3n) is 4.99. The summed E-state index contributed by atoms with van der Waals surface area (Å²) in [7, 11) is 3.92. The highest BCUT2D eigenvalue weighted by Crippen LogP contribution is 2.30. The molecule has 1 fully saturated rings. The number of nitrogens with one attached hydrogen (secondary N) is 2. The summed E-state index contributed by atoms with van der Waals surface area (Å²) >= 11 is 0. The molecule has 0 bridgehead atoms. The summed E-state index contributed by atoms with van der Waals surface area (Å²) in [5, 5.41) is 3.00. The smallest absolute Gasteiger partial charge is 0.224 e. The average Bonchev–Trinajstić information content (AvgIpc) is 3.37. The van der Waals surface area contributed by atoms with Crippen LogP contribution in [0, 0.1) is 0 Å². The second-order valence-electron chi connectivity index (χ2n) is 6.77. The largest absolute Gasteiger partial charge is 0.369 e. The number of H-pyrrole nitrogens is 1. The third-order valence-corrected chi connectivity index (χ3v) is 4.99. The molecular formula is C20H29N7. The van der Waals surface area contributed by atoms with Gasteiger partial charge in [-0.25, -0.2) is 9.98 Å². The number of unbranched alkanes of at least 4 members (excludes halogenated alkanes) is 1. The molecule has 1 unspecified atom stereocenters. The van der Waals surface area contributed by atoms with Crippen LogP contribution in [0.15, 0.2) is 36.1 Å². The molecule has 0 spiro atoms. The van der Waals surface area contributed by atoms with E-state index in [1.54, 1.807) is 6.20 Å². The predicted octanol–water partition coefficient (Wildman–Crippen LogP) is 3.53. The van der Waals surface area contributed by atoms with Gasteiger partial charge in [0.25, 0.3) is 0 Å². The zero-order valence-corrected chi connectivity index (χ0v) is 16.4. The lowest BCUT2D eigenvalue weighted by Gasteiger charge is -2.27. The Morgan fingerprint density at radius 2 is 2.37 bits per heavy atom. The first-order valence-corrected chi connectivity index (χ1v) is 9.51. The van der Waals surface area contributed by atoms with Crippen molar-refractivity contribution < 1.29 is 0 Å². The van der Waals surface area contributed by atoms with Crippen LogP contribution < -0.4 is 10.2 Å². The van der Waals surface area contributed by atoms with Gasteiger partial charge in [0.1, 0.15) is 11.6 Å². The van der Waals surface area contributed by atoms with Gasteiger partial charge in [-0.1, -0.05) is 19.9 Å². The fourth-order valence-electron chi connectivity index (χ4n) is 3.31. The van der Waals surface area contributed by atoms with Crippen LogP contribution in [0.3, 0.4) is 0 Å². The van der Waals surface area contributed by atoms with E-state index in [-0.39, 0.29) is 0 Å². The molecule has 1 atom stereocenters. The summed E-state index contributed by atoms with van der Waals surface area (Å²) in [5.41, 5.74) is 2.10. The van der Waals surface area contributed by atoms with E-state index in [1.807, 2.05) is 25.5 Å². The first-order chi connectivity index (χ1) is 13.1. The molecule has 1 aliphatic heterocycles. The van der Waals surface area contributed by atoms with Gasteiger partial charge in [-0.3, -0.25) is 0 Å². The molecule has 3 heterocycles. The van der Waals surface area contributed by atoms with Crippen LogP contribution in [0.25, 0.3) is 5.70 Å². The number of aromatic nitrogens is 3. The molecule has 0 amide bonds. The van der Waals surface area contributed by atoms with Gasteiger partial charge in [0, 0.05) is 63.1 Å². The van der Waals surface area contributed by atoms with Crippen molar-refractivity contribution in [2.45, 2.75) is 32.2 Å². The standard InChI is InChI=1S/C20H29N7/c1-5-6-10-22-19-17(7-11-23-19)15(2)27-13-9-16(14-27)26(4)18-8-12-24-20(21-3)25-18/h7-8,10-12,16,23H,2,5-6,9,13-14H2,1,3-4H3,(H,21,24,25). The van der Waals surface area contributed by atoms with Crippen molar-refractivity contribution in [3.8, 4) is 0 Å². The van der Waals surface area contributed by atoms with Gasteiger partial charge in [-0.15, -0.1) is 0 Å². The lowest BCUT2D eigenvalue weighted by molar-refractivity contribution is 0.482. The average molecular weight is 368 g/mol. The van der Waals surface area contributed by atoms with Crippen molar-refractivity contribution in [1.82, 2.24) is 19.9 Å². The van der Waals surface area contributed by atoms with E-state index in [0.29, 0.717) is 12.0 Å². The highest BCUT2D eigenvalue weighted by molar-refractivity contribution is 5.74. The van der Waals surface area contributed by atoms with Crippen molar-refractivity contribution in [2.24, 2.45) is 4.99 Å². The SMILES string of the molecule is C=C(c1cc[nH]c1N=CCCC)N1CCC(N(C)c2ccnc(NC)n2)C1. The third kappa shape index (κ3) is 4.30. The zero-order chi connectivity index (χ0) is 19.2. The van der Waals surface area contributed by atoms with E-state index in [9.17, 15) is 0 Å². The predicted molar refractivity (Wildman–Crippen MR) is 113 cm³/mol. The fraction of sp³-hybridized carbons (Fsp3) is 0.450. The fourth-order valence-corrected chi connectivity index (χ4v) is 3.31. The summed E-state index contributed by atoms with van der Waals surface area (Å²) in [6, 6.07) is 4.39. The molecule has 3 rings (SSSR count). The van der Waals surface area contributed by atoms with Crippen molar-refractivity contribution >= 4 is 29.5 Å². The van der Waals surface area contributed by atoms with Crippen LogP contribution in [-0.4, -0.2) is 59.3 Å². The minimum Gasteiger partial charge on any atom is -0.369 e. The van der Waals surface area contributed by atoms with Crippen molar-refractivity contribution in [1.29, 1.82) is 0 Å². The van der Waals surface area contributed by atoms with E-state index in [4.69, 9.17) is 0 Å². The molecule has 0 saturated carbocycles. The summed E-state index contributed by atoms with van der Waals surface area (Å²) in [4.78, 5) is 21.1. The van der Waals surface area contributed by atoms with Gasteiger partial charge in [-0.2, -0.15) is 4.98 Å². The molecule has 27 heavy (non-hydrogen) atoms. The van der Waals surface area contributed by atoms with Crippen molar-refractivity contribution in [3.05, 3.63) is 36.7 Å². The minimum atomic E-state index is 0.382. The molecule has 1 aliphatic rings. The van der Waals surface area contributed by atoms with Crippen molar-refractivity contribution in [3.63, 3.8) is 0 Å². The number of nitrogens with zero attached hydrogens (tertiary/aromatic N) is 5. The number of likely N-dealkylation sites (N-methyl/N-ethyl adjacent to an activating group) is 1. The maximum Gasteiger partial charge on any atom is 0.224 e. The van der Waals surface area contributed by atoms with Crippen molar-refractivity contribution in [2.75, 3.05) is 37.4 Å². The first kappa shape index (κ1) is 18.9. The maximum atomic E-state index is 4.57. The molecule has 2 aromatic heterocycles. The van der Waals surface area contributed by atoms with E-state index in [2.05, 4.69) is 61.7 Å². The summed E-state index contributed by atoms with van der Waals surface area (Å²) < 4.78 is 0. The Morgan fingerprint density at radius 3 is 3.15 bits per heavy atom. The number of hydrogen-bond acceptors (Lipinski definition) is 6. The van der Waals surface area contributed by atoms with E-state index < -0.39 is 0 Å². The Hall–Kier alpha value is -2.83. The highest BCUT2D eigenvalue weighted by Gasteiger charge is 2.28. The molecule has 7 nitrogen and oxygen atoms in total. The Morgan fingerprint density at radius 1 is 1.52 bits per heavy atom. The van der Waals surface area contributed by atoms with Crippen LogP contribution in [-0.2, 0) is 0 Å². The minimum absolute atomic E-state index is 0.382. The van der Waals surface area contributed by atoms with E-state index in [0.717, 1.165) is 55.2 Å². The van der Waals surface area contributed by atoms with Gasteiger partial charge in [0.2, 0.25) is 5.95 Å². The van der Waals surface area contributed by atoms with Gasteiger partial charge in [0.15, 0.2) is 0 Å². The maximum absolute atomic E-state index is 4.57. The van der Waals surface area contributed by atoms with Crippen LogP contribution in [0.5, 0.6) is 0 Å². The van der Waals surface area contributed by atoms with Crippen LogP contribution in [0.4, 0.5) is 17.6 Å². The van der Waals surface area contributed by atoms with Crippen LogP contribution >= 0.6 is 0 Å². The number of anilines is 2. The highest BCUT2D eigenvalue weighted by atomic mass is 15.3. The van der Waals surface area contributed by atoms with E-state index in [1.165, 1.54) is 0 Å². The number of aliphatic imine (C=N–C) groups is 1. The second kappa shape index (κ2) is 8.70. The summed E-state index contributed by atoms with van der Waals surface area (Å²) in [6.07, 6.45) is 8.83. The number of aromatic amines is 1. The molecule has 0 radical (unpaired) electrons. The molecule has 2 aromatic rings. The quantitative estimate of drug-likeness (QED) is 0.698. The monoisotopic (exact) mass is 367 g/mol. The summed E-state index contributed by atoms with van der Waals surface area (Å²) in [5.74, 6) is 2.46. The molecule has 144 valence electrons. The molecule has 7 heteroatoms. The molecular weight excluding hydrogens is 338 g/mol. The number of likely N-dealkylation sites (tertiary alicyclic amines) is 1. The molecule has 2 N–H and O–H groups in total. The Balaban J connectivity index is 1.67. The Bertz CT molecular complexity index is 795. The lowest BCUT2D eigenvalue weighted by Crippen LogP contribution is -2.34. The first-order valence-electron chi connectivity index (χ1n) is 9.51. The molecule has 0 aromatic carbocycles. The lowest BCUT2D eigenvalue weighted by atomic mass is 10.2. The Labute approximate surface area is 161 Å². The van der Waals surface area contributed by atoms with Crippen LogP contribution in [0.2, 0.25) is 0 Å². The van der Waals surface area contributed by atoms with Gasteiger partial charge >= 0.3 is 0 Å². The topological polar surface area (TPSA) is 72.4 Å². The van der Waals surface area contributed by atoms with Gasteiger partial charge in [0.05, 0.1) is 0 Å². The second-order valence-corrected chi connectivity index (χ2v) is 6.77. The van der Waals surface area contributed by atoms with E-state index >= 15 is 0 Å². The van der Waals surface area contributed by atoms with Gasteiger partial charge in [-0.05, 0) is 25.0 Å². The number of hydrogen-bond donors (Lipinski definition) is 2.